The van der Waals surface area contributed by atoms with Crippen molar-refractivity contribution in [2.75, 3.05) is 0 Å². The minimum atomic E-state index is 0.806. The molecule has 0 atom stereocenters. The van der Waals surface area contributed by atoms with Crippen LogP contribution in [0.5, 0.6) is 0 Å². The van der Waals surface area contributed by atoms with Crippen molar-refractivity contribution < 1.29 is 0 Å². The number of nitrogens with zero attached hydrogens (tertiary/aromatic N) is 1. The summed E-state index contributed by atoms with van der Waals surface area (Å²) in [6.07, 6.45) is 0. The molecule has 0 N–H and O–H groups in total. The van der Waals surface area contributed by atoms with Gasteiger partial charge in [0.05, 0.1) is 0 Å². The smallest absolute Gasteiger partial charge is 0.259 e. The lowest BCUT2D eigenvalue weighted by molar-refractivity contribution is 1.56. The van der Waals surface area contributed by atoms with Crippen LogP contribution in [0, 0.1) is 0 Å². The summed E-state index contributed by atoms with van der Waals surface area (Å²) in [5.41, 5.74) is 1.72. The number of hydrogen-bond acceptors (Lipinski definition) is 1. The predicted octanol–water partition coefficient (Wildman–Crippen LogP) is 1.11. The average Bonchev–Trinajstić information content (AvgIpc) is 1.65. The Labute approximate surface area is 45.6 Å². The Hall–Kier alpha value is -0.525. The average molecular weight is 92.9 g/mol. The van der Waals surface area contributed by atoms with Gasteiger partial charge in [-0.1, -0.05) is 6.58 Å². The minimum absolute atomic E-state index is 0.806. The normalized spacial score (nSPS) is 11.4. The van der Waals surface area contributed by atoms with Crippen molar-refractivity contribution in [3.63, 3.8) is 0 Å². The van der Waals surface area contributed by atoms with E-state index in [-0.39, 0.29) is 0 Å². The molecule has 7 heavy (non-hydrogen) atoms. The molecule has 0 aliphatic rings. The maximum absolute atomic E-state index is 4.90. The molecule has 0 fully saturated rings. The van der Waals surface area contributed by atoms with E-state index < -0.39 is 0 Å². The van der Waals surface area contributed by atoms with E-state index in [2.05, 4.69) is 11.5 Å². The first-order valence-corrected chi connectivity index (χ1v) is 2.09. The SMILES string of the molecule is [B]N=C(C)C(=C)C. The molecule has 0 unspecified atom stereocenters. The van der Waals surface area contributed by atoms with Crippen molar-refractivity contribution in [2.45, 2.75) is 13.8 Å². The van der Waals surface area contributed by atoms with Crippen LogP contribution in [0.3, 0.4) is 0 Å². The molecule has 0 rings (SSSR count). The number of rotatable bonds is 1. The van der Waals surface area contributed by atoms with Crippen LogP contribution >= 0.6 is 0 Å². The van der Waals surface area contributed by atoms with Crippen molar-refractivity contribution in [2.24, 2.45) is 4.90 Å². The van der Waals surface area contributed by atoms with Gasteiger partial charge in [0.15, 0.2) is 0 Å². The van der Waals surface area contributed by atoms with Crippen LogP contribution in [0.15, 0.2) is 17.1 Å². The Kier molecular flexibility index (Phi) is 2.42. The maximum atomic E-state index is 4.90. The lowest BCUT2D eigenvalue weighted by atomic mass is 10.2. The van der Waals surface area contributed by atoms with Gasteiger partial charge in [-0.3, -0.25) is 0 Å². The predicted molar refractivity (Wildman–Crippen MR) is 33.7 cm³/mol. The van der Waals surface area contributed by atoms with E-state index in [0.29, 0.717) is 0 Å². The lowest BCUT2D eigenvalue weighted by Gasteiger charge is -1.91. The summed E-state index contributed by atoms with van der Waals surface area (Å²) in [5, 5.41) is 0. The van der Waals surface area contributed by atoms with Gasteiger partial charge in [0.2, 0.25) is 0 Å². The molecule has 0 heterocycles. The van der Waals surface area contributed by atoms with Gasteiger partial charge in [-0.15, -0.1) is 0 Å². The zero-order valence-corrected chi connectivity index (χ0v) is 4.73. The van der Waals surface area contributed by atoms with Crippen LogP contribution < -0.4 is 0 Å². The van der Waals surface area contributed by atoms with Crippen LogP contribution in [-0.2, 0) is 0 Å². The second-order valence-electron chi connectivity index (χ2n) is 1.49. The first-order chi connectivity index (χ1) is 3.18. The van der Waals surface area contributed by atoms with Crippen LogP contribution in [0.1, 0.15) is 13.8 Å². The van der Waals surface area contributed by atoms with Crippen LogP contribution in [0.4, 0.5) is 0 Å². The Morgan fingerprint density at radius 3 is 2.00 bits per heavy atom. The summed E-state index contributed by atoms with van der Waals surface area (Å²) in [5.74, 6) is 0. The van der Waals surface area contributed by atoms with Crippen LogP contribution in [0.2, 0.25) is 0 Å². The first-order valence-electron chi connectivity index (χ1n) is 2.09. The van der Waals surface area contributed by atoms with E-state index in [1.165, 1.54) is 0 Å². The molecular weight excluding hydrogens is 84.9 g/mol. The third-order valence-corrected chi connectivity index (χ3v) is 0.811. The topological polar surface area (TPSA) is 12.4 Å². The van der Waals surface area contributed by atoms with Crippen molar-refractivity contribution in [3.05, 3.63) is 12.2 Å². The largest absolute Gasteiger partial charge is 0.360 e. The van der Waals surface area contributed by atoms with E-state index >= 15 is 0 Å². The lowest BCUT2D eigenvalue weighted by Crippen LogP contribution is -1.89. The van der Waals surface area contributed by atoms with Gasteiger partial charge in [0, 0.05) is 5.71 Å². The van der Waals surface area contributed by atoms with Crippen molar-refractivity contribution in [1.29, 1.82) is 0 Å². The maximum Gasteiger partial charge on any atom is 0.259 e. The molecular formula is C5H8BN. The summed E-state index contributed by atoms with van der Waals surface area (Å²) < 4.78 is 0. The number of allylic oxidation sites excluding steroid dienone is 1. The molecule has 0 aliphatic heterocycles. The van der Waals surface area contributed by atoms with Gasteiger partial charge in [-0.2, -0.15) is 0 Å². The molecule has 0 spiro atoms. The highest BCUT2D eigenvalue weighted by atomic mass is 14.6. The zero-order chi connectivity index (χ0) is 5.86. The quantitative estimate of drug-likeness (QED) is 0.340. The minimum Gasteiger partial charge on any atom is -0.360 e. The zero-order valence-electron chi connectivity index (χ0n) is 4.73. The summed E-state index contributed by atoms with van der Waals surface area (Å²) >= 11 is 0. The van der Waals surface area contributed by atoms with Crippen LogP contribution in [-0.4, -0.2) is 13.7 Å². The summed E-state index contributed by atoms with van der Waals surface area (Å²) in [4.78, 5) is 3.41. The highest BCUT2D eigenvalue weighted by Gasteiger charge is 1.83. The van der Waals surface area contributed by atoms with Crippen molar-refractivity contribution >= 4 is 13.7 Å². The molecule has 0 aliphatic carbocycles. The molecule has 0 saturated carbocycles. The fourth-order valence-corrected chi connectivity index (χ4v) is 0.110. The van der Waals surface area contributed by atoms with Gasteiger partial charge in [-0.05, 0) is 19.4 Å². The van der Waals surface area contributed by atoms with Gasteiger partial charge >= 0.3 is 0 Å². The molecule has 2 heteroatoms. The second kappa shape index (κ2) is 2.62. The Balaban J connectivity index is 3.82. The summed E-state index contributed by atoms with van der Waals surface area (Å²) in [7, 11) is 4.90. The second-order valence-corrected chi connectivity index (χ2v) is 1.49. The molecule has 0 bridgehead atoms. The Bertz CT molecular complexity index is 105. The summed E-state index contributed by atoms with van der Waals surface area (Å²) in [6.45, 7) is 7.30. The highest BCUT2D eigenvalue weighted by Crippen LogP contribution is 1.88. The van der Waals surface area contributed by atoms with Crippen molar-refractivity contribution in [1.82, 2.24) is 0 Å². The van der Waals surface area contributed by atoms with Crippen molar-refractivity contribution in [3.8, 4) is 0 Å². The van der Waals surface area contributed by atoms with E-state index in [9.17, 15) is 0 Å². The van der Waals surface area contributed by atoms with Gasteiger partial charge in [0.1, 0.15) is 0 Å². The van der Waals surface area contributed by atoms with Crippen LogP contribution in [0.25, 0.3) is 0 Å². The Morgan fingerprint density at radius 2 is 2.00 bits per heavy atom. The van der Waals surface area contributed by atoms with Gasteiger partial charge < -0.3 is 4.90 Å². The van der Waals surface area contributed by atoms with E-state index in [1.54, 1.807) is 0 Å². The monoisotopic (exact) mass is 93.1 g/mol. The van der Waals surface area contributed by atoms with Gasteiger partial charge in [0.25, 0.3) is 7.98 Å². The molecule has 0 aromatic rings. The third kappa shape index (κ3) is 2.21. The van der Waals surface area contributed by atoms with E-state index in [0.717, 1.165) is 11.3 Å². The van der Waals surface area contributed by atoms with E-state index in [1.807, 2.05) is 13.8 Å². The molecule has 1 nitrogen and oxygen atoms in total. The molecule has 0 amide bonds. The van der Waals surface area contributed by atoms with E-state index in [4.69, 9.17) is 7.98 Å². The molecule has 0 aromatic carbocycles. The van der Waals surface area contributed by atoms with Gasteiger partial charge in [-0.25, -0.2) is 0 Å². The molecule has 0 aromatic heterocycles. The fourth-order valence-electron chi connectivity index (χ4n) is 0.110. The molecule has 36 valence electrons. The summed E-state index contributed by atoms with van der Waals surface area (Å²) in [6, 6.07) is 0. The standard InChI is InChI=1S/C5H8BN/c1-4(2)5(3)7-6/h1H2,2-3H3. The third-order valence-electron chi connectivity index (χ3n) is 0.811. The highest BCUT2D eigenvalue weighted by molar-refractivity contribution is 6.15. The Morgan fingerprint density at radius 1 is 1.57 bits per heavy atom. The fraction of sp³-hybridized carbons (Fsp3) is 0.400. The molecule has 2 radical (unpaired) electrons. The molecule has 0 saturated heterocycles. The first kappa shape index (κ1) is 6.47. The number of hydrogen-bond donors (Lipinski definition) is 0.